The monoisotopic (exact) mass is 926 g/mol. The Morgan fingerprint density at radius 3 is 2.16 bits per heavy atom. The number of benzene rings is 1. The zero-order valence-corrected chi connectivity index (χ0v) is 37.1. The van der Waals surface area contributed by atoms with Crippen LogP contribution in [0.1, 0.15) is 38.7 Å². The molecule has 28 heteroatoms. The summed E-state index contributed by atoms with van der Waals surface area (Å²) >= 11 is 0.00673. The summed E-state index contributed by atoms with van der Waals surface area (Å²) in [6.07, 6.45) is -12.7. The van der Waals surface area contributed by atoms with Gasteiger partial charge < -0.3 is 87.7 Å². The van der Waals surface area contributed by atoms with Gasteiger partial charge in [-0.1, -0.05) is 13.0 Å². The fraction of sp³-hybridized carbons (Fsp3) is 0.629. The smallest absolute Gasteiger partial charge is 0.691 e. The molecule has 26 nitrogen and oxygen atoms in total. The molecule has 3 saturated heterocycles. The molecule has 0 bridgehead atoms. The Kier molecular flexibility index (Phi) is 20.2. The van der Waals surface area contributed by atoms with E-state index in [9.17, 15) is 74.6 Å². The van der Waals surface area contributed by atoms with E-state index in [1.165, 1.54) is 13.0 Å². The summed E-state index contributed by atoms with van der Waals surface area (Å²) in [5, 5.41) is 98.4. The Morgan fingerprint density at radius 1 is 0.889 bits per heavy atom. The average Bonchev–Trinajstić information content (AvgIpc) is 3.74. The molecule has 0 spiro atoms. The van der Waals surface area contributed by atoms with Crippen molar-refractivity contribution in [1.29, 1.82) is 0 Å². The molecular weight excluding hydrogens is 875 g/mol. The number of β-amino-alcohol motifs (C(OH)–C–C–N with tert-alkyl or cyclic N) is 1. The number of fused-ring (bicyclic) bond motifs is 2. The molecule has 346 valence electrons. The molecule has 0 aromatic heterocycles. The first-order valence-corrected chi connectivity index (χ1v) is 19.8. The van der Waals surface area contributed by atoms with Gasteiger partial charge in [-0.15, -0.1) is 4.33 Å². The SMILES string of the molecule is CC(O)C1NC(=O)[C@@H](N)CC(O)CNC(=O)C2C(O)C(C)CN2C(=O)C(C(O)CC(N)=O)NC(=O)C(C(O)Cc2ccc(O)c(OSOO[O-])c2)NC(=O)C2CC(O)CN2C1=O.[Na+]. The molecule has 3 aliphatic heterocycles. The van der Waals surface area contributed by atoms with Crippen LogP contribution < -0.4 is 71.7 Å². The first kappa shape index (κ1) is 53.4. The van der Waals surface area contributed by atoms with Crippen LogP contribution in [0.15, 0.2) is 18.2 Å². The Labute approximate surface area is 385 Å². The van der Waals surface area contributed by atoms with Crippen molar-refractivity contribution in [3.8, 4) is 11.5 Å². The number of aliphatic hydroxyl groups is 6. The average molecular weight is 927 g/mol. The van der Waals surface area contributed by atoms with Crippen LogP contribution in [-0.2, 0) is 49.4 Å². The number of rotatable bonds is 11. The molecule has 1 aromatic rings. The number of carbonyl (C=O) groups is 7. The minimum Gasteiger partial charge on any atom is -0.691 e. The van der Waals surface area contributed by atoms with Crippen LogP contribution in [0, 0.1) is 5.92 Å². The fourth-order valence-corrected chi connectivity index (χ4v) is 7.58. The standard InChI is InChI=1S/C35H52N8O18S.Na/c1-13-11-43-28(29(13)51)33(55)38-10-16(45)7-18(36)30(52)39-25(14(2)44)34(56)42-12-17(46)8-19(42)31(53)40-26(32(54)41-27(35(43)57)22(49)9-24(37)50)21(48)5-15-3-4-20(47)23(6-15)59-62-61-60-58;/h3-4,6,13-14,16-19,21-22,25-29,44-49,51,58H,5,7-12,36H2,1-2H3,(H2,37,50)(H,38,55)(H,39,52)(H,40,53)(H,41,54);/q;+1/p-1/t13?,14?,16?,17?,18-,19?,21?,22?,25?,26?,27?,28?,29?;/m0./s1. The van der Waals surface area contributed by atoms with Gasteiger partial charge in [-0.25, -0.2) is 0 Å². The van der Waals surface area contributed by atoms with Crippen molar-refractivity contribution in [1.82, 2.24) is 31.1 Å². The van der Waals surface area contributed by atoms with Crippen molar-refractivity contribution in [2.75, 3.05) is 19.6 Å². The number of carbonyl (C=O) groups excluding carboxylic acids is 7. The van der Waals surface area contributed by atoms with Crippen LogP contribution in [0.3, 0.4) is 0 Å². The Hall–Kier alpha value is -3.94. The van der Waals surface area contributed by atoms with Gasteiger partial charge in [0.1, 0.15) is 30.2 Å². The number of nitrogens with one attached hydrogen (secondary N) is 4. The minimum absolute atomic E-state index is 0. The summed E-state index contributed by atoms with van der Waals surface area (Å²) in [7, 11) is 0. The summed E-state index contributed by atoms with van der Waals surface area (Å²) in [5.74, 6) is -9.76. The minimum atomic E-state index is -2.16. The zero-order valence-electron chi connectivity index (χ0n) is 34.3. The van der Waals surface area contributed by atoms with Gasteiger partial charge in [0.25, 0.3) is 12.3 Å². The summed E-state index contributed by atoms with van der Waals surface area (Å²) in [6.45, 7) is 1.15. The Bertz CT molecular complexity index is 1820. The fourth-order valence-electron chi connectivity index (χ4n) is 7.32. The maximum Gasteiger partial charge on any atom is 1.00 e. The quantitative estimate of drug-likeness (QED) is 0.0322. The zero-order chi connectivity index (χ0) is 46.2. The Balaban J connectivity index is 0.0000106. The number of hydrogen-bond acceptors (Lipinski definition) is 20. The first-order chi connectivity index (χ1) is 29.1. The summed E-state index contributed by atoms with van der Waals surface area (Å²) in [6, 6.07) is -7.51. The van der Waals surface area contributed by atoms with Crippen molar-refractivity contribution >= 4 is 53.7 Å². The van der Waals surface area contributed by atoms with E-state index in [0.29, 0.717) is 0 Å². The van der Waals surface area contributed by atoms with Gasteiger partial charge in [0.05, 0.1) is 49.1 Å². The molecule has 0 saturated carbocycles. The molecule has 3 aliphatic rings. The largest absolute Gasteiger partial charge is 1.00 e. The number of amides is 7. The van der Waals surface area contributed by atoms with Crippen molar-refractivity contribution < 1.29 is 118 Å². The first-order valence-electron chi connectivity index (χ1n) is 19.2. The topological polar surface area (TPSA) is 418 Å². The number of nitrogens with zero attached hydrogens (tertiary/aromatic N) is 2. The predicted octanol–water partition coefficient (Wildman–Crippen LogP) is -11.1. The van der Waals surface area contributed by atoms with E-state index < -0.39 is 165 Å². The van der Waals surface area contributed by atoms with Gasteiger partial charge in [-0.3, -0.25) is 38.6 Å². The van der Waals surface area contributed by atoms with Crippen LogP contribution in [0.4, 0.5) is 0 Å². The summed E-state index contributed by atoms with van der Waals surface area (Å²) in [4.78, 5) is 96.9. The van der Waals surface area contributed by atoms with E-state index >= 15 is 0 Å². The van der Waals surface area contributed by atoms with Crippen LogP contribution in [0.2, 0.25) is 0 Å². The van der Waals surface area contributed by atoms with E-state index in [2.05, 4.69) is 30.6 Å². The maximum absolute atomic E-state index is 14.3. The molecule has 4 rings (SSSR count). The van der Waals surface area contributed by atoms with Gasteiger partial charge in [-0.05, 0) is 31.0 Å². The van der Waals surface area contributed by atoms with E-state index in [0.717, 1.165) is 28.9 Å². The van der Waals surface area contributed by atoms with Gasteiger partial charge in [0.2, 0.25) is 41.4 Å². The molecule has 63 heavy (non-hydrogen) atoms. The van der Waals surface area contributed by atoms with Crippen molar-refractivity contribution in [3.63, 3.8) is 0 Å². The van der Waals surface area contributed by atoms with E-state index in [4.69, 9.17) is 15.7 Å². The molecule has 7 amide bonds. The van der Waals surface area contributed by atoms with Gasteiger partial charge in [0.15, 0.2) is 11.5 Å². The van der Waals surface area contributed by atoms with Gasteiger partial charge >= 0.3 is 29.6 Å². The molecular formula is C35H51N8NaO18S. The third-order valence-corrected chi connectivity index (χ3v) is 10.9. The normalized spacial score (nSPS) is 30.6. The molecule has 1 aromatic carbocycles. The van der Waals surface area contributed by atoms with Crippen molar-refractivity contribution in [3.05, 3.63) is 23.8 Å². The van der Waals surface area contributed by atoms with Crippen molar-refractivity contribution in [2.24, 2.45) is 17.4 Å². The second-order valence-corrected chi connectivity index (χ2v) is 15.8. The second kappa shape index (κ2) is 23.8. The molecule has 3 heterocycles. The molecule has 15 N–H and O–H groups in total. The number of aliphatic hydroxyl groups excluding tert-OH is 6. The number of nitrogens with two attached hydrogens (primary N) is 2. The number of phenolic OH excluding ortho intramolecular Hbond substituents is 1. The number of aromatic hydroxyl groups is 1. The summed E-state index contributed by atoms with van der Waals surface area (Å²) in [5.41, 5.74) is 11.4. The molecule has 0 radical (unpaired) electrons. The number of hydrogen-bond donors (Lipinski definition) is 13. The molecule has 13 atom stereocenters. The van der Waals surface area contributed by atoms with Crippen LogP contribution in [0.25, 0.3) is 0 Å². The molecule has 0 aliphatic carbocycles. The third kappa shape index (κ3) is 13.8. The van der Waals surface area contributed by atoms with E-state index in [-0.39, 0.29) is 59.7 Å². The van der Waals surface area contributed by atoms with Gasteiger partial charge in [-0.2, -0.15) is 0 Å². The Morgan fingerprint density at radius 2 is 1.52 bits per heavy atom. The number of phenols is 1. The summed E-state index contributed by atoms with van der Waals surface area (Å²) < 4.78 is 9.04. The van der Waals surface area contributed by atoms with Crippen LogP contribution >= 0.6 is 12.3 Å². The van der Waals surface area contributed by atoms with E-state index in [1.807, 2.05) is 0 Å². The predicted molar refractivity (Wildman–Crippen MR) is 204 cm³/mol. The van der Waals surface area contributed by atoms with Crippen molar-refractivity contribution in [2.45, 2.75) is 112 Å². The molecule has 3 fully saturated rings. The second-order valence-electron chi connectivity index (χ2n) is 15.3. The van der Waals surface area contributed by atoms with Crippen LogP contribution in [0.5, 0.6) is 11.5 Å². The maximum atomic E-state index is 14.3. The molecule has 12 unspecified atom stereocenters. The number of primary amides is 1. The van der Waals surface area contributed by atoms with E-state index in [1.54, 1.807) is 0 Å². The third-order valence-electron chi connectivity index (χ3n) is 10.5. The van der Waals surface area contributed by atoms with Gasteiger partial charge in [0, 0.05) is 38.4 Å². The van der Waals surface area contributed by atoms with Crippen LogP contribution in [-0.4, -0.2) is 179 Å².